The monoisotopic (exact) mass is 311 g/mol. The highest BCUT2D eigenvalue weighted by molar-refractivity contribution is 6.31. The first-order valence-electron chi connectivity index (χ1n) is 7.38. The highest BCUT2D eigenvalue weighted by atomic mass is 35.5. The Labute approximate surface area is 130 Å². The van der Waals surface area contributed by atoms with Crippen LogP contribution in [0.1, 0.15) is 31.2 Å². The summed E-state index contributed by atoms with van der Waals surface area (Å²) in [5, 5.41) is 13.1. The van der Waals surface area contributed by atoms with Crippen molar-refractivity contribution in [2.75, 3.05) is 13.2 Å². The first-order chi connectivity index (χ1) is 10.0. The molecular weight excluding hydrogens is 290 g/mol. The van der Waals surface area contributed by atoms with Crippen LogP contribution >= 0.6 is 11.6 Å². The number of aliphatic hydroxyl groups excluding tert-OH is 1. The third-order valence-electron chi connectivity index (χ3n) is 3.84. The van der Waals surface area contributed by atoms with Gasteiger partial charge in [-0.2, -0.15) is 0 Å². The van der Waals surface area contributed by atoms with E-state index in [1.165, 1.54) is 0 Å². The van der Waals surface area contributed by atoms with E-state index >= 15 is 0 Å². The van der Waals surface area contributed by atoms with E-state index in [-0.39, 0.29) is 18.6 Å². The number of nitrogens with one attached hydrogen (secondary N) is 1. The van der Waals surface area contributed by atoms with Crippen molar-refractivity contribution in [2.24, 2.45) is 5.92 Å². The zero-order valence-electron chi connectivity index (χ0n) is 12.3. The highest BCUT2D eigenvalue weighted by Crippen LogP contribution is 2.23. The van der Waals surface area contributed by atoms with E-state index < -0.39 is 0 Å². The predicted octanol–water partition coefficient (Wildman–Crippen LogP) is 2.69. The van der Waals surface area contributed by atoms with Crippen LogP contribution in [-0.4, -0.2) is 30.3 Å². The number of benzene rings is 1. The minimum atomic E-state index is -0.214. The SMILES string of the molecule is Cc1cc(OCC(=O)NCC2CCCC(O)C2)ccc1Cl. The van der Waals surface area contributed by atoms with Gasteiger partial charge in [0.25, 0.3) is 5.91 Å². The Kier molecular flexibility index (Phi) is 5.88. The number of rotatable bonds is 5. The fourth-order valence-corrected chi connectivity index (χ4v) is 2.73. The highest BCUT2D eigenvalue weighted by Gasteiger charge is 2.20. The molecule has 0 bridgehead atoms. The largest absolute Gasteiger partial charge is 0.484 e. The molecule has 0 heterocycles. The van der Waals surface area contributed by atoms with E-state index in [4.69, 9.17) is 16.3 Å². The Morgan fingerprint density at radius 3 is 3.00 bits per heavy atom. The van der Waals surface area contributed by atoms with E-state index in [2.05, 4.69) is 5.32 Å². The molecule has 1 amide bonds. The lowest BCUT2D eigenvalue weighted by Gasteiger charge is -2.25. The van der Waals surface area contributed by atoms with Crippen molar-refractivity contribution >= 4 is 17.5 Å². The van der Waals surface area contributed by atoms with Crippen molar-refractivity contribution in [3.63, 3.8) is 0 Å². The molecule has 0 radical (unpaired) electrons. The van der Waals surface area contributed by atoms with Crippen LogP contribution < -0.4 is 10.1 Å². The topological polar surface area (TPSA) is 58.6 Å². The van der Waals surface area contributed by atoms with Gasteiger partial charge in [-0.1, -0.05) is 18.0 Å². The maximum atomic E-state index is 11.8. The number of halogens is 1. The number of hydrogen-bond donors (Lipinski definition) is 2. The van der Waals surface area contributed by atoms with E-state index in [1.807, 2.05) is 13.0 Å². The molecule has 1 aromatic rings. The standard InChI is InChI=1S/C16H22ClNO3/c1-11-7-14(5-6-15(11)17)21-10-16(20)18-9-12-3-2-4-13(19)8-12/h5-7,12-13,19H,2-4,8-10H2,1H3,(H,18,20). The lowest BCUT2D eigenvalue weighted by molar-refractivity contribution is -0.123. The molecule has 1 saturated carbocycles. The molecule has 21 heavy (non-hydrogen) atoms. The van der Waals surface area contributed by atoms with Crippen molar-refractivity contribution in [3.8, 4) is 5.75 Å². The third kappa shape index (κ3) is 5.21. The van der Waals surface area contributed by atoms with E-state index in [0.717, 1.165) is 31.2 Å². The van der Waals surface area contributed by atoms with Crippen LogP contribution in [0.5, 0.6) is 5.75 Å². The van der Waals surface area contributed by atoms with Crippen molar-refractivity contribution in [2.45, 2.75) is 38.7 Å². The number of carbonyl (C=O) groups excluding carboxylic acids is 1. The van der Waals surface area contributed by atoms with Gasteiger partial charge < -0.3 is 15.2 Å². The van der Waals surface area contributed by atoms with Crippen molar-refractivity contribution in [3.05, 3.63) is 28.8 Å². The second kappa shape index (κ2) is 7.66. The van der Waals surface area contributed by atoms with E-state index in [0.29, 0.717) is 23.2 Å². The van der Waals surface area contributed by atoms with Crippen LogP contribution in [0.15, 0.2) is 18.2 Å². The Balaban J connectivity index is 1.70. The molecular formula is C16H22ClNO3. The van der Waals surface area contributed by atoms with Gasteiger partial charge in [0, 0.05) is 11.6 Å². The molecule has 4 nitrogen and oxygen atoms in total. The quantitative estimate of drug-likeness (QED) is 0.879. The molecule has 2 atom stereocenters. The summed E-state index contributed by atoms with van der Waals surface area (Å²) < 4.78 is 5.44. The molecule has 1 aromatic carbocycles. The van der Waals surface area contributed by atoms with Crippen molar-refractivity contribution in [1.29, 1.82) is 0 Å². The summed E-state index contributed by atoms with van der Waals surface area (Å²) in [5.74, 6) is 0.873. The summed E-state index contributed by atoms with van der Waals surface area (Å²) in [6.07, 6.45) is 3.53. The summed E-state index contributed by atoms with van der Waals surface area (Å²) in [6.45, 7) is 2.50. The number of aryl methyl sites for hydroxylation is 1. The molecule has 2 N–H and O–H groups in total. The fourth-order valence-electron chi connectivity index (χ4n) is 2.61. The van der Waals surface area contributed by atoms with E-state index in [1.54, 1.807) is 12.1 Å². The lowest BCUT2D eigenvalue weighted by atomic mass is 9.87. The molecule has 0 aliphatic heterocycles. The van der Waals surface area contributed by atoms with Gasteiger partial charge in [-0.3, -0.25) is 4.79 Å². The van der Waals surface area contributed by atoms with Gasteiger partial charge in [-0.25, -0.2) is 0 Å². The second-order valence-corrected chi connectivity index (χ2v) is 6.10. The number of carbonyl (C=O) groups is 1. The van der Waals surface area contributed by atoms with Gasteiger partial charge in [-0.15, -0.1) is 0 Å². The fraction of sp³-hybridized carbons (Fsp3) is 0.562. The van der Waals surface area contributed by atoms with E-state index in [9.17, 15) is 9.90 Å². The molecule has 0 saturated heterocycles. The summed E-state index contributed by atoms with van der Waals surface area (Å²) in [5.41, 5.74) is 0.922. The zero-order chi connectivity index (χ0) is 15.2. The zero-order valence-corrected chi connectivity index (χ0v) is 13.0. The van der Waals surface area contributed by atoms with Crippen molar-refractivity contribution < 1.29 is 14.6 Å². The molecule has 5 heteroatoms. The average Bonchev–Trinajstić information content (AvgIpc) is 2.46. The minimum Gasteiger partial charge on any atom is -0.484 e. The second-order valence-electron chi connectivity index (χ2n) is 5.69. The molecule has 0 aromatic heterocycles. The first kappa shape index (κ1) is 16.1. The Bertz CT molecular complexity index is 492. The average molecular weight is 312 g/mol. The molecule has 116 valence electrons. The lowest BCUT2D eigenvalue weighted by Crippen LogP contribution is -2.35. The number of ether oxygens (including phenoxy) is 1. The van der Waals surface area contributed by atoms with Crippen molar-refractivity contribution in [1.82, 2.24) is 5.32 Å². The summed E-state index contributed by atoms with van der Waals surface area (Å²) in [7, 11) is 0. The Morgan fingerprint density at radius 1 is 1.48 bits per heavy atom. The van der Waals surface area contributed by atoms with Crippen LogP contribution in [-0.2, 0) is 4.79 Å². The minimum absolute atomic E-state index is 0.00363. The number of hydrogen-bond acceptors (Lipinski definition) is 3. The van der Waals surface area contributed by atoms with Gasteiger partial charge in [-0.05, 0) is 55.9 Å². The molecule has 0 spiro atoms. The molecule has 2 unspecified atom stereocenters. The van der Waals surface area contributed by atoms with Gasteiger partial charge in [0.1, 0.15) is 5.75 Å². The van der Waals surface area contributed by atoms with Crippen LogP contribution in [0, 0.1) is 12.8 Å². The Morgan fingerprint density at radius 2 is 2.29 bits per heavy atom. The van der Waals surface area contributed by atoms with Crippen LogP contribution in [0.4, 0.5) is 0 Å². The summed E-state index contributed by atoms with van der Waals surface area (Å²) in [4.78, 5) is 11.8. The molecule has 1 aliphatic carbocycles. The van der Waals surface area contributed by atoms with Crippen LogP contribution in [0.2, 0.25) is 5.02 Å². The first-order valence-corrected chi connectivity index (χ1v) is 7.76. The molecule has 1 aliphatic rings. The summed E-state index contributed by atoms with van der Waals surface area (Å²) in [6, 6.07) is 5.32. The van der Waals surface area contributed by atoms with Crippen LogP contribution in [0.3, 0.4) is 0 Å². The van der Waals surface area contributed by atoms with Gasteiger partial charge in [0.2, 0.25) is 0 Å². The Hall–Kier alpha value is -1.26. The molecule has 2 rings (SSSR count). The smallest absolute Gasteiger partial charge is 0.257 e. The van der Waals surface area contributed by atoms with Gasteiger partial charge >= 0.3 is 0 Å². The maximum Gasteiger partial charge on any atom is 0.257 e. The molecule has 1 fully saturated rings. The maximum absolute atomic E-state index is 11.8. The van der Waals surface area contributed by atoms with Crippen LogP contribution in [0.25, 0.3) is 0 Å². The normalized spacial score (nSPS) is 21.9. The number of aliphatic hydroxyl groups is 1. The summed E-state index contributed by atoms with van der Waals surface area (Å²) >= 11 is 5.94. The third-order valence-corrected chi connectivity index (χ3v) is 4.27. The number of amides is 1. The van der Waals surface area contributed by atoms with Gasteiger partial charge in [0.05, 0.1) is 6.10 Å². The predicted molar refractivity (Wildman–Crippen MR) is 82.7 cm³/mol. The van der Waals surface area contributed by atoms with Gasteiger partial charge in [0.15, 0.2) is 6.61 Å².